The third kappa shape index (κ3) is 3.84. The molecular weight excluding hydrogens is 510 g/mol. The maximum absolute atomic E-state index is 6.72. The molecule has 0 N–H and O–H groups in total. The molecule has 1 aliphatic rings. The summed E-state index contributed by atoms with van der Waals surface area (Å²) < 4.78 is 0. The van der Waals surface area contributed by atoms with Crippen LogP contribution < -0.4 is 25.6 Å². The molecule has 0 spiro atoms. The average molecular weight is 536 g/mol. The SMILES string of the molecule is Clc1ccc2c(c1)[Si](c1ccccc1)(c1ccccc1)c1cc(N(c3ccccc3)c3ccccc3)ccc1-2. The van der Waals surface area contributed by atoms with E-state index in [2.05, 4.69) is 157 Å². The average Bonchev–Trinajstić information content (AvgIpc) is 3.29. The first-order valence-corrected chi connectivity index (χ1v) is 15.6. The molecule has 0 atom stereocenters. The third-order valence-corrected chi connectivity index (χ3v) is 12.9. The Morgan fingerprint density at radius 1 is 0.410 bits per heavy atom. The second kappa shape index (κ2) is 9.74. The highest BCUT2D eigenvalue weighted by Gasteiger charge is 2.49. The summed E-state index contributed by atoms with van der Waals surface area (Å²) in [6.45, 7) is 0. The number of rotatable bonds is 5. The van der Waals surface area contributed by atoms with Gasteiger partial charge in [-0.15, -0.1) is 0 Å². The Bertz CT molecular complexity index is 1670. The quantitative estimate of drug-likeness (QED) is 0.211. The van der Waals surface area contributed by atoms with Crippen LogP contribution >= 0.6 is 11.6 Å². The molecule has 6 aromatic carbocycles. The molecule has 0 amide bonds. The van der Waals surface area contributed by atoms with Crippen LogP contribution in [0.5, 0.6) is 0 Å². The van der Waals surface area contributed by atoms with E-state index in [0.717, 1.165) is 22.1 Å². The van der Waals surface area contributed by atoms with Crippen LogP contribution in [-0.4, -0.2) is 8.07 Å². The lowest BCUT2D eigenvalue weighted by atomic mass is 10.0. The lowest BCUT2D eigenvalue weighted by Gasteiger charge is -2.32. The lowest BCUT2D eigenvalue weighted by Crippen LogP contribution is -2.72. The zero-order valence-electron chi connectivity index (χ0n) is 21.3. The van der Waals surface area contributed by atoms with Crippen LogP contribution in [0, 0.1) is 0 Å². The number of benzene rings is 6. The Balaban J connectivity index is 1.56. The second-order valence-electron chi connectivity index (χ2n) is 9.91. The Morgan fingerprint density at radius 3 is 1.36 bits per heavy atom. The molecule has 0 unspecified atom stereocenters. The van der Waals surface area contributed by atoms with Gasteiger partial charge in [-0.1, -0.05) is 121 Å². The van der Waals surface area contributed by atoms with Gasteiger partial charge in [-0.3, -0.25) is 0 Å². The number of nitrogens with zero attached hydrogens (tertiary/aromatic N) is 1. The molecule has 3 heteroatoms. The molecule has 186 valence electrons. The highest BCUT2D eigenvalue weighted by atomic mass is 35.5. The van der Waals surface area contributed by atoms with E-state index in [-0.39, 0.29) is 0 Å². The fourth-order valence-corrected chi connectivity index (χ4v) is 11.7. The summed E-state index contributed by atoms with van der Waals surface area (Å²) in [5.74, 6) is 0. The Hall–Kier alpha value is -4.37. The second-order valence-corrected chi connectivity index (χ2v) is 14.1. The summed E-state index contributed by atoms with van der Waals surface area (Å²) in [5.41, 5.74) is 5.99. The van der Waals surface area contributed by atoms with Crippen molar-refractivity contribution in [2.75, 3.05) is 4.90 Å². The van der Waals surface area contributed by atoms with Crippen molar-refractivity contribution in [3.05, 3.63) is 163 Å². The minimum absolute atomic E-state index is 0.778. The van der Waals surface area contributed by atoms with Gasteiger partial charge < -0.3 is 4.90 Å². The highest BCUT2D eigenvalue weighted by molar-refractivity contribution is 7.22. The van der Waals surface area contributed by atoms with Crippen molar-refractivity contribution >= 4 is 57.5 Å². The van der Waals surface area contributed by atoms with E-state index in [0.29, 0.717) is 0 Å². The van der Waals surface area contributed by atoms with E-state index >= 15 is 0 Å². The molecule has 0 bridgehead atoms. The molecular formula is C36H26ClNSi. The minimum atomic E-state index is -2.65. The van der Waals surface area contributed by atoms with Crippen molar-refractivity contribution in [3.8, 4) is 11.1 Å². The predicted octanol–water partition coefficient (Wildman–Crippen LogP) is 7.17. The largest absolute Gasteiger partial charge is 0.311 e. The van der Waals surface area contributed by atoms with E-state index in [1.165, 1.54) is 31.9 Å². The summed E-state index contributed by atoms with van der Waals surface area (Å²) in [4.78, 5) is 2.35. The normalized spacial score (nSPS) is 12.9. The molecule has 1 aliphatic heterocycles. The molecule has 1 heterocycles. The van der Waals surface area contributed by atoms with Crippen LogP contribution in [-0.2, 0) is 0 Å². The van der Waals surface area contributed by atoms with E-state index in [9.17, 15) is 0 Å². The van der Waals surface area contributed by atoms with Gasteiger partial charge in [-0.25, -0.2) is 0 Å². The first-order valence-electron chi connectivity index (χ1n) is 13.2. The monoisotopic (exact) mass is 535 g/mol. The van der Waals surface area contributed by atoms with Gasteiger partial charge in [-0.2, -0.15) is 0 Å². The van der Waals surface area contributed by atoms with Gasteiger partial charge in [0.2, 0.25) is 0 Å². The van der Waals surface area contributed by atoms with Gasteiger partial charge in [0.25, 0.3) is 0 Å². The van der Waals surface area contributed by atoms with E-state index in [1.807, 2.05) is 6.07 Å². The Labute approximate surface area is 235 Å². The molecule has 0 radical (unpaired) electrons. The van der Waals surface area contributed by atoms with Crippen LogP contribution in [0.4, 0.5) is 17.1 Å². The lowest BCUT2D eigenvalue weighted by molar-refractivity contribution is 1.29. The number of para-hydroxylation sites is 2. The zero-order chi connectivity index (χ0) is 26.2. The first-order chi connectivity index (χ1) is 19.3. The summed E-state index contributed by atoms with van der Waals surface area (Å²) in [6, 6.07) is 56.8. The molecule has 39 heavy (non-hydrogen) atoms. The fraction of sp³-hybridized carbons (Fsp3) is 0. The van der Waals surface area contributed by atoms with E-state index < -0.39 is 8.07 Å². The van der Waals surface area contributed by atoms with Crippen molar-refractivity contribution in [1.82, 2.24) is 0 Å². The number of hydrogen-bond donors (Lipinski definition) is 0. The van der Waals surface area contributed by atoms with Gasteiger partial charge in [0.15, 0.2) is 8.07 Å². The molecule has 0 saturated carbocycles. The van der Waals surface area contributed by atoms with Gasteiger partial charge in [-0.05, 0) is 80.4 Å². The number of anilines is 3. The van der Waals surface area contributed by atoms with Gasteiger partial charge in [0.05, 0.1) is 0 Å². The van der Waals surface area contributed by atoms with Gasteiger partial charge in [0.1, 0.15) is 0 Å². The zero-order valence-corrected chi connectivity index (χ0v) is 23.1. The van der Waals surface area contributed by atoms with E-state index in [4.69, 9.17) is 11.6 Å². The van der Waals surface area contributed by atoms with Crippen molar-refractivity contribution in [2.24, 2.45) is 0 Å². The summed E-state index contributed by atoms with van der Waals surface area (Å²) in [7, 11) is -2.65. The first kappa shape index (κ1) is 23.7. The third-order valence-electron chi connectivity index (χ3n) is 7.78. The number of fused-ring (bicyclic) bond motifs is 3. The fourth-order valence-electron chi connectivity index (χ4n) is 6.19. The van der Waals surface area contributed by atoms with Gasteiger partial charge in [0, 0.05) is 22.1 Å². The van der Waals surface area contributed by atoms with E-state index in [1.54, 1.807) is 0 Å². The van der Waals surface area contributed by atoms with Crippen LogP contribution in [0.3, 0.4) is 0 Å². The highest BCUT2D eigenvalue weighted by Crippen LogP contribution is 2.37. The van der Waals surface area contributed by atoms with Crippen LogP contribution in [0.25, 0.3) is 11.1 Å². The van der Waals surface area contributed by atoms with Crippen molar-refractivity contribution in [2.45, 2.75) is 0 Å². The maximum Gasteiger partial charge on any atom is 0.180 e. The summed E-state index contributed by atoms with van der Waals surface area (Å²) in [5, 5.41) is 6.25. The van der Waals surface area contributed by atoms with Crippen LogP contribution in [0.15, 0.2) is 158 Å². The predicted molar refractivity (Wildman–Crippen MR) is 169 cm³/mol. The summed E-state index contributed by atoms with van der Waals surface area (Å²) in [6.07, 6.45) is 0. The minimum Gasteiger partial charge on any atom is -0.311 e. The molecule has 1 nitrogen and oxygen atoms in total. The Kier molecular flexibility index (Phi) is 5.92. The van der Waals surface area contributed by atoms with Crippen LogP contribution in [0.1, 0.15) is 0 Å². The van der Waals surface area contributed by atoms with Crippen molar-refractivity contribution in [1.29, 1.82) is 0 Å². The molecule has 0 saturated heterocycles. The van der Waals surface area contributed by atoms with Gasteiger partial charge >= 0.3 is 0 Å². The molecule has 6 aromatic rings. The molecule has 0 aromatic heterocycles. The Morgan fingerprint density at radius 2 is 0.846 bits per heavy atom. The smallest absolute Gasteiger partial charge is 0.180 e. The van der Waals surface area contributed by atoms with Crippen LogP contribution in [0.2, 0.25) is 5.02 Å². The topological polar surface area (TPSA) is 3.24 Å². The number of halogens is 1. The maximum atomic E-state index is 6.72. The summed E-state index contributed by atoms with van der Waals surface area (Å²) >= 11 is 6.72. The standard InChI is InChI=1S/C36H26ClNSi/c37-27-21-23-33-34-24-22-30(38(28-13-5-1-6-14-28)29-15-7-2-8-16-29)26-36(34)39(35(33)25-27,31-17-9-3-10-18-31)32-19-11-4-12-20-32/h1-26H. The molecule has 0 aliphatic carbocycles. The number of hydrogen-bond acceptors (Lipinski definition) is 1. The molecule has 0 fully saturated rings. The van der Waals surface area contributed by atoms with Crippen molar-refractivity contribution in [3.63, 3.8) is 0 Å². The molecule has 7 rings (SSSR count). The van der Waals surface area contributed by atoms with Crippen molar-refractivity contribution < 1.29 is 0 Å².